The van der Waals surface area contributed by atoms with Crippen molar-refractivity contribution in [3.8, 4) is 5.75 Å². The summed E-state index contributed by atoms with van der Waals surface area (Å²) >= 11 is 1.57. The molecule has 0 atom stereocenters. The lowest BCUT2D eigenvalue weighted by Gasteiger charge is -2.32. The van der Waals surface area contributed by atoms with Crippen LogP contribution in [0.4, 0.5) is 10.5 Å². The maximum atomic E-state index is 12.6. The van der Waals surface area contributed by atoms with E-state index in [0.29, 0.717) is 42.6 Å². The number of nitrogens with zero attached hydrogens (tertiary/aromatic N) is 1. The molecule has 1 aliphatic heterocycles. The summed E-state index contributed by atoms with van der Waals surface area (Å²) in [7, 11) is 1.59. The van der Waals surface area contributed by atoms with Gasteiger partial charge < -0.3 is 20.3 Å². The van der Waals surface area contributed by atoms with Crippen LogP contribution in [0.5, 0.6) is 5.75 Å². The molecule has 0 radical (unpaired) electrons. The number of piperidine rings is 1. The standard InChI is InChI=1S/C22H27N3O3S/c1-28-19-9-5-4-8-18(19)24-22(27)25-13-11-16(12-14-25)15-23-21(26)17-7-3-6-10-20(17)29-2/h3-10,16H,11-15H2,1-2H3,(H,23,26)(H,24,27). The minimum atomic E-state index is -0.120. The molecule has 1 heterocycles. The zero-order valence-electron chi connectivity index (χ0n) is 16.8. The maximum absolute atomic E-state index is 12.6. The third kappa shape index (κ3) is 5.44. The summed E-state index contributed by atoms with van der Waals surface area (Å²) in [5, 5.41) is 5.97. The van der Waals surface area contributed by atoms with Crippen molar-refractivity contribution in [1.29, 1.82) is 0 Å². The van der Waals surface area contributed by atoms with Crippen LogP contribution in [-0.2, 0) is 0 Å². The van der Waals surface area contributed by atoms with E-state index < -0.39 is 0 Å². The highest BCUT2D eigenvalue weighted by atomic mass is 32.2. The number of nitrogens with one attached hydrogen (secondary N) is 2. The smallest absolute Gasteiger partial charge is 0.321 e. The molecule has 2 aromatic carbocycles. The van der Waals surface area contributed by atoms with Crippen molar-refractivity contribution in [3.63, 3.8) is 0 Å². The van der Waals surface area contributed by atoms with Gasteiger partial charge in [-0.05, 0) is 49.3 Å². The first kappa shape index (κ1) is 21.0. The van der Waals surface area contributed by atoms with Gasteiger partial charge in [0.05, 0.1) is 18.4 Å². The first-order valence-corrected chi connectivity index (χ1v) is 10.9. The molecule has 1 fully saturated rings. The number of amides is 3. The van der Waals surface area contributed by atoms with Gasteiger partial charge >= 0.3 is 6.03 Å². The number of benzene rings is 2. The highest BCUT2D eigenvalue weighted by Gasteiger charge is 2.24. The number of carbonyl (C=O) groups is 2. The number of para-hydroxylation sites is 2. The SMILES string of the molecule is COc1ccccc1NC(=O)N1CCC(CNC(=O)c2ccccc2SC)CC1. The molecule has 7 heteroatoms. The fourth-order valence-electron chi connectivity index (χ4n) is 3.45. The topological polar surface area (TPSA) is 70.7 Å². The number of ether oxygens (including phenoxy) is 1. The van der Waals surface area contributed by atoms with E-state index in [2.05, 4.69) is 10.6 Å². The van der Waals surface area contributed by atoms with Gasteiger partial charge in [0.25, 0.3) is 5.91 Å². The lowest BCUT2D eigenvalue weighted by molar-refractivity contribution is 0.0936. The van der Waals surface area contributed by atoms with Gasteiger partial charge in [-0.15, -0.1) is 11.8 Å². The molecule has 0 unspecified atom stereocenters. The van der Waals surface area contributed by atoms with E-state index in [1.807, 2.05) is 59.7 Å². The van der Waals surface area contributed by atoms with Crippen molar-refractivity contribution in [3.05, 3.63) is 54.1 Å². The molecule has 2 aromatic rings. The van der Waals surface area contributed by atoms with Crippen LogP contribution >= 0.6 is 11.8 Å². The molecule has 0 spiro atoms. The number of likely N-dealkylation sites (tertiary alicyclic amines) is 1. The average molecular weight is 414 g/mol. The fraction of sp³-hybridized carbons (Fsp3) is 0.364. The van der Waals surface area contributed by atoms with Crippen molar-refractivity contribution in [2.45, 2.75) is 17.7 Å². The molecule has 0 saturated carbocycles. The Bertz CT molecular complexity index is 851. The van der Waals surface area contributed by atoms with Crippen molar-refractivity contribution in [1.82, 2.24) is 10.2 Å². The van der Waals surface area contributed by atoms with Gasteiger partial charge in [0.15, 0.2) is 0 Å². The Morgan fingerprint density at radius 3 is 2.52 bits per heavy atom. The zero-order valence-corrected chi connectivity index (χ0v) is 17.6. The van der Waals surface area contributed by atoms with E-state index >= 15 is 0 Å². The van der Waals surface area contributed by atoms with Crippen molar-refractivity contribution >= 4 is 29.4 Å². The van der Waals surface area contributed by atoms with Crippen LogP contribution in [0.3, 0.4) is 0 Å². The number of methoxy groups -OCH3 is 1. The highest BCUT2D eigenvalue weighted by Crippen LogP contribution is 2.25. The third-order valence-electron chi connectivity index (χ3n) is 5.15. The maximum Gasteiger partial charge on any atom is 0.321 e. The van der Waals surface area contributed by atoms with Crippen LogP contribution in [0.25, 0.3) is 0 Å². The van der Waals surface area contributed by atoms with Crippen molar-refractivity contribution in [2.75, 3.05) is 38.3 Å². The fourth-order valence-corrected chi connectivity index (χ4v) is 4.04. The Kier molecular flexibility index (Phi) is 7.41. The average Bonchev–Trinajstić information content (AvgIpc) is 2.78. The molecule has 6 nitrogen and oxygen atoms in total. The summed E-state index contributed by atoms with van der Waals surface area (Å²) in [6, 6.07) is 14.9. The minimum absolute atomic E-state index is 0.0358. The first-order chi connectivity index (χ1) is 14.1. The molecule has 1 saturated heterocycles. The van der Waals surface area contributed by atoms with Crippen LogP contribution in [0, 0.1) is 5.92 Å². The largest absolute Gasteiger partial charge is 0.495 e. The zero-order chi connectivity index (χ0) is 20.6. The number of thioether (sulfide) groups is 1. The summed E-state index contributed by atoms with van der Waals surface area (Å²) in [6.07, 6.45) is 3.70. The normalized spacial score (nSPS) is 14.3. The Hall–Kier alpha value is -2.67. The van der Waals surface area contributed by atoms with Crippen LogP contribution < -0.4 is 15.4 Å². The summed E-state index contributed by atoms with van der Waals surface area (Å²) in [4.78, 5) is 27.8. The Balaban J connectivity index is 1.46. The number of rotatable bonds is 6. The molecular weight excluding hydrogens is 386 g/mol. The second-order valence-corrected chi connectivity index (χ2v) is 7.82. The van der Waals surface area contributed by atoms with E-state index in [1.54, 1.807) is 18.9 Å². The van der Waals surface area contributed by atoms with Gasteiger partial charge in [0.1, 0.15) is 5.75 Å². The second kappa shape index (κ2) is 10.2. The van der Waals surface area contributed by atoms with E-state index in [1.165, 1.54) is 0 Å². The molecule has 154 valence electrons. The summed E-state index contributed by atoms with van der Waals surface area (Å²) < 4.78 is 5.28. The van der Waals surface area contributed by atoms with E-state index in [9.17, 15) is 9.59 Å². The molecule has 29 heavy (non-hydrogen) atoms. The van der Waals surface area contributed by atoms with E-state index in [4.69, 9.17) is 4.74 Å². The Labute approximate surface area is 176 Å². The highest BCUT2D eigenvalue weighted by molar-refractivity contribution is 7.98. The van der Waals surface area contributed by atoms with Gasteiger partial charge in [-0.3, -0.25) is 4.79 Å². The molecular formula is C22H27N3O3S. The predicted octanol–water partition coefficient (Wildman–Crippen LogP) is 4.09. The monoisotopic (exact) mass is 413 g/mol. The van der Waals surface area contributed by atoms with Gasteiger partial charge in [-0.2, -0.15) is 0 Å². The predicted molar refractivity (Wildman–Crippen MR) is 117 cm³/mol. The molecule has 0 bridgehead atoms. The molecule has 3 rings (SSSR count). The lowest BCUT2D eigenvalue weighted by atomic mass is 9.97. The van der Waals surface area contributed by atoms with Crippen molar-refractivity contribution < 1.29 is 14.3 Å². The summed E-state index contributed by atoms with van der Waals surface area (Å²) in [5.74, 6) is 0.978. The van der Waals surface area contributed by atoms with Gasteiger partial charge in [-0.25, -0.2) is 4.79 Å². The molecule has 2 N–H and O–H groups in total. The number of anilines is 1. The van der Waals surface area contributed by atoms with Crippen LogP contribution in [0.2, 0.25) is 0 Å². The summed E-state index contributed by atoms with van der Waals surface area (Å²) in [6.45, 7) is 1.97. The molecule has 0 aliphatic carbocycles. The first-order valence-electron chi connectivity index (χ1n) is 9.72. The minimum Gasteiger partial charge on any atom is -0.495 e. The molecule has 0 aromatic heterocycles. The number of hydrogen-bond donors (Lipinski definition) is 2. The third-order valence-corrected chi connectivity index (χ3v) is 5.95. The van der Waals surface area contributed by atoms with E-state index in [-0.39, 0.29) is 11.9 Å². The van der Waals surface area contributed by atoms with Crippen molar-refractivity contribution in [2.24, 2.45) is 5.92 Å². The van der Waals surface area contributed by atoms with Gasteiger partial charge in [0.2, 0.25) is 0 Å². The summed E-state index contributed by atoms with van der Waals surface area (Å²) in [5.41, 5.74) is 1.38. The number of hydrogen-bond acceptors (Lipinski definition) is 4. The van der Waals surface area contributed by atoms with Crippen LogP contribution in [0.15, 0.2) is 53.4 Å². The Morgan fingerprint density at radius 2 is 1.79 bits per heavy atom. The van der Waals surface area contributed by atoms with E-state index in [0.717, 1.165) is 17.7 Å². The molecule has 3 amide bonds. The molecule has 1 aliphatic rings. The van der Waals surface area contributed by atoms with Crippen LogP contribution in [-0.4, -0.2) is 49.8 Å². The van der Waals surface area contributed by atoms with Gasteiger partial charge in [-0.1, -0.05) is 24.3 Å². The number of urea groups is 1. The Morgan fingerprint density at radius 1 is 1.10 bits per heavy atom. The number of carbonyl (C=O) groups excluding carboxylic acids is 2. The van der Waals surface area contributed by atoms with Crippen LogP contribution in [0.1, 0.15) is 23.2 Å². The lowest BCUT2D eigenvalue weighted by Crippen LogP contribution is -2.43. The second-order valence-electron chi connectivity index (χ2n) is 6.97. The van der Waals surface area contributed by atoms with Gasteiger partial charge in [0, 0.05) is 24.5 Å². The quantitative estimate of drug-likeness (QED) is 0.700.